The predicted octanol–water partition coefficient (Wildman–Crippen LogP) is 9.09. The van der Waals surface area contributed by atoms with E-state index in [9.17, 15) is 37.5 Å². The summed E-state index contributed by atoms with van der Waals surface area (Å²) in [6, 6.07) is 19.7. The molecule has 0 unspecified atom stereocenters. The molecule has 0 spiro atoms. The van der Waals surface area contributed by atoms with Crippen LogP contribution in [-0.2, 0) is 58.4 Å². The molecule has 30 heteroatoms. The van der Waals surface area contributed by atoms with Crippen molar-refractivity contribution in [2.45, 2.75) is 74.8 Å². The number of esters is 4. The highest BCUT2D eigenvalue weighted by Crippen LogP contribution is 2.42. The zero-order valence-corrected chi connectivity index (χ0v) is 59.8. The Hall–Kier alpha value is -8.74. The molecule has 2 N–H and O–H groups in total. The normalized spacial score (nSPS) is 21.1. The van der Waals surface area contributed by atoms with Gasteiger partial charge in [0.25, 0.3) is 0 Å². The van der Waals surface area contributed by atoms with Gasteiger partial charge in [0.2, 0.25) is 0 Å². The minimum absolute atomic E-state index is 0.120. The summed E-state index contributed by atoms with van der Waals surface area (Å²) >= 11 is 15.8. The maximum Gasteiger partial charge on any atom is 0.338 e. The van der Waals surface area contributed by atoms with E-state index in [1.165, 1.54) is 87.5 Å². The topological polar surface area (TPSA) is 252 Å². The molecule has 0 saturated carbocycles. The van der Waals surface area contributed by atoms with Crippen LogP contribution in [0.3, 0.4) is 0 Å². The lowest BCUT2D eigenvalue weighted by molar-refractivity contribution is -0.147. The number of fused-ring (bicyclic) bond motifs is 2. The molecule has 12 rings (SSSR count). The van der Waals surface area contributed by atoms with Crippen molar-refractivity contribution in [3.63, 3.8) is 0 Å². The molecule has 100 heavy (non-hydrogen) atoms. The van der Waals surface area contributed by atoms with E-state index >= 15 is 0 Å². The summed E-state index contributed by atoms with van der Waals surface area (Å²) in [5, 5.41) is 11.8. The molecule has 6 aromatic rings. The highest BCUT2D eigenvalue weighted by atomic mass is 35.5. The molecule has 0 radical (unpaired) electrons. The lowest BCUT2D eigenvalue weighted by atomic mass is 9.84. The number of urea groups is 2. The number of nitrogens with zero attached hydrogens (tertiary/aromatic N) is 10. The van der Waals surface area contributed by atoms with Gasteiger partial charge in [-0.25, -0.2) is 37.9 Å². The molecule has 6 atom stereocenters. The first-order valence-electron chi connectivity index (χ1n) is 32.0. The molecule has 4 saturated heterocycles. The van der Waals surface area contributed by atoms with Gasteiger partial charge < -0.3 is 48.9 Å². The van der Waals surface area contributed by atoms with Gasteiger partial charge in [-0.15, -0.1) is 22.7 Å². The Kier molecular flexibility index (Phi) is 22.2. The van der Waals surface area contributed by atoms with Gasteiger partial charge in [0, 0.05) is 134 Å². The fraction of sp³-hybridized carbons (Fsp3) is 0.400. The number of nitrogens with one attached hydrogen (secondary N) is 2. The van der Waals surface area contributed by atoms with Crippen LogP contribution < -0.4 is 20.4 Å². The van der Waals surface area contributed by atoms with Crippen LogP contribution in [0.1, 0.15) is 72.0 Å². The Balaban J connectivity index is 0.000000202. The highest BCUT2D eigenvalue weighted by molar-refractivity contribution is 7.12. The molecule has 8 heterocycles. The third kappa shape index (κ3) is 14.5. The van der Waals surface area contributed by atoms with Crippen LogP contribution >= 0.6 is 45.9 Å². The summed E-state index contributed by atoms with van der Waals surface area (Å²) in [6.07, 6.45) is 3.32. The maximum atomic E-state index is 14.1. The fourth-order valence-corrected chi connectivity index (χ4v) is 15.3. The summed E-state index contributed by atoms with van der Waals surface area (Å²) < 4.78 is 60.1. The molecule has 6 aliphatic rings. The quantitative estimate of drug-likeness (QED) is 0.0534. The van der Waals surface area contributed by atoms with Crippen LogP contribution in [0.25, 0.3) is 0 Å². The number of carbonyl (C=O) groups is 6. The van der Waals surface area contributed by atoms with Crippen LogP contribution in [0.2, 0.25) is 10.0 Å². The van der Waals surface area contributed by atoms with Crippen LogP contribution in [0.15, 0.2) is 141 Å². The largest absolute Gasteiger partial charge is 0.468 e. The molecule has 0 bridgehead atoms. The zero-order valence-electron chi connectivity index (χ0n) is 56.6. The van der Waals surface area contributed by atoms with Crippen molar-refractivity contribution < 1.29 is 66.0 Å². The van der Waals surface area contributed by atoms with Gasteiger partial charge in [0.15, 0.2) is 21.7 Å². The maximum absolute atomic E-state index is 14.1. The van der Waals surface area contributed by atoms with Crippen molar-refractivity contribution in [1.82, 2.24) is 40.2 Å². The predicted molar refractivity (Wildman–Crippen MR) is 374 cm³/mol. The van der Waals surface area contributed by atoms with Crippen molar-refractivity contribution in [2.24, 2.45) is 9.98 Å². The zero-order chi connectivity index (χ0) is 71.5. The van der Waals surface area contributed by atoms with Crippen molar-refractivity contribution in [2.75, 3.05) is 118 Å². The molecule has 2 aromatic heterocycles. The number of aliphatic imine (C=N–C) groups is 2. The summed E-state index contributed by atoms with van der Waals surface area (Å²) in [5.74, 6) is -2.06. The minimum Gasteiger partial charge on any atom is -0.468 e. The summed E-state index contributed by atoms with van der Waals surface area (Å²) in [5.41, 5.74) is 3.69. The van der Waals surface area contributed by atoms with Crippen LogP contribution in [0.4, 0.5) is 29.7 Å². The molecule has 528 valence electrons. The van der Waals surface area contributed by atoms with E-state index in [1.807, 2.05) is 69.1 Å². The molecular weight excluding hydrogens is 1370 g/mol. The third-order valence-electron chi connectivity index (χ3n) is 19.0. The van der Waals surface area contributed by atoms with Crippen LogP contribution in [0, 0.1) is 11.6 Å². The first kappa shape index (κ1) is 72.5. The number of halogens is 4. The number of carbonyl (C=O) groups excluding carboxylic acids is 6. The number of hydrogen-bond donors (Lipinski definition) is 2. The summed E-state index contributed by atoms with van der Waals surface area (Å²) in [4.78, 5) is 109. The molecule has 0 aliphatic carbocycles. The van der Waals surface area contributed by atoms with E-state index in [-0.39, 0.29) is 82.4 Å². The second kappa shape index (κ2) is 30.6. The Morgan fingerprint density at radius 2 is 0.930 bits per heavy atom. The van der Waals surface area contributed by atoms with E-state index in [1.54, 1.807) is 64.1 Å². The van der Waals surface area contributed by atoms with Gasteiger partial charge in [-0.1, -0.05) is 59.6 Å². The van der Waals surface area contributed by atoms with E-state index in [0.29, 0.717) is 108 Å². The fourth-order valence-electron chi connectivity index (χ4n) is 13.6. The van der Waals surface area contributed by atoms with Gasteiger partial charge in [0.1, 0.15) is 23.7 Å². The van der Waals surface area contributed by atoms with Gasteiger partial charge in [-0.3, -0.25) is 39.2 Å². The molecule has 4 aromatic carbocycles. The van der Waals surface area contributed by atoms with Crippen molar-refractivity contribution in [3.05, 3.63) is 185 Å². The standard InChI is InChI=1S/2C35H38ClFN6O6S/c2*1-35(2,33(45)49-5)20-6-9-22(10-7-20)43-18-26-27(19-47-3)41(13-14-42(26)34(43)46)17-25-28(32(44)48-4)29(23-11-8-21(37)16-24(23)36)40-30(39-25)31-38-12-15-50-31/h2*6-12,15-16,26-27,29H,13-14,17-19H2,1-5H3,(H,39,40)/t26-,27-,29+;26-,27-,29-/m10/s1. The Labute approximate surface area is 595 Å². The average Bonchev–Trinajstić information content (AvgIpc) is 1.47. The van der Waals surface area contributed by atoms with Gasteiger partial charge in [0.05, 0.1) is 87.8 Å². The number of hydrogen-bond acceptors (Lipinski definition) is 22. The average molecular weight is 1450 g/mol. The smallest absolute Gasteiger partial charge is 0.338 e. The number of rotatable bonds is 20. The van der Waals surface area contributed by atoms with Gasteiger partial charge in [-0.2, -0.15) is 0 Å². The first-order valence-corrected chi connectivity index (χ1v) is 34.5. The van der Waals surface area contributed by atoms with Crippen LogP contribution in [0.5, 0.6) is 0 Å². The monoisotopic (exact) mass is 1450 g/mol. The first-order chi connectivity index (χ1) is 48.0. The van der Waals surface area contributed by atoms with Gasteiger partial charge >= 0.3 is 35.9 Å². The number of methoxy groups -OCH3 is 6. The van der Waals surface area contributed by atoms with E-state index in [2.05, 4.69) is 30.4 Å². The molecule has 6 aliphatic heterocycles. The highest BCUT2D eigenvalue weighted by Gasteiger charge is 2.50. The van der Waals surface area contributed by atoms with Crippen molar-refractivity contribution in [1.29, 1.82) is 0 Å². The number of anilines is 2. The summed E-state index contributed by atoms with van der Waals surface area (Å²) in [6.45, 7) is 11.0. The lowest BCUT2D eigenvalue weighted by Gasteiger charge is -2.44. The van der Waals surface area contributed by atoms with Crippen LogP contribution in [-0.4, -0.2) is 210 Å². The molecule has 4 fully saturated rings. The number of ether oxygens (including phenoxy) is 6. The van der Waals surface area contributed by atoms with Crippen molar-refractivity contribution >= 4 is 105 Å². The third-order valence-corrected chi connectivity index (χ3v) is 21.2. The number of amidine groups is 2. The lowest BCUT2D eigenvalue weighted by Crippen LogP contribution is -2.61. The second-order valence-electron chi connectivity index (χ2n) is 25.4. The Morgan fingerprint density at radius 1 is 0.550 bits per heavy atom. The molecular formula is C70H76Cl2F2N12O12S2. The summed E-state index contributed by atoms with van der Waals surface area (Å²) in [7, 11) is 8.55. The molecule has 24 nitrogen and oxygen atoms in total. The van der Waals surface area contributed by atoms with E-state index < -0.39 is 46.5 Å². The van der Waals surface area contributed by atoms with E-state index in [4.69, 9.17) is 61.6 Å². The number of piperazine rings is 2. The van der Waals surface area contributed by atoms with E-state index in [0.717, 1.165) is 11.1 Å². The Bertz CT molecular complexity index is 3940. The molecule has 4 amide bonds. The SMILES string of the molecule is COC[C@@H]1[C@H]2CN(c3ccc(C(C)(C)C(=O)OC)cc3)C(=O)N2CCN1CC1=C(C(=O)OC)[C@H](c2ccc(F)cc2Cl)N=C(c2nccs2)N1.COC[C@H]1[C@@H]2CN(c3ccc(C(C)(C)C(=O)OC)cc3)C(=O)N2CCN1CC1=C(C(=O)OC)[C@H](c2ccc(F)cc2Cl)N=C(c2nccs2)N1. The Morgan fingerprint density at radius 3 is 1.25 bits per heavy atom. The number of thiazole rings is 2. The minimum atomic E-state index is -0.899. The number of benzene rings is 4. The van der Waals surface area contributed by atoms with Gasteiger partial charge in [-0.05, 0) is 87.4 Å². The number of aromatic nitrogens is 2. The second-order valence-corrected chi connectivity index (χ2v) is 28.0. The van der Waals surface area contributed by atoms with Crippen molar-refractivity contribution in [3.8, 4) is 0 Å². The number of amides is 4.